The highest BCUT2D eigenvalue weighted by molar-refractivity contribution is 5.76. The van der Waals surface area contributed by atoms with Gasteiger partial charge in [-0.3, -0.25) is 9.69 Å². The monoisotopic (exact) mass is 557 g/mol. The number of carbonyl (C=O) groups is 1. The van der Waals surface area contributed by atoms with Gasteiger partial charge in [0.05, 0.1) is 20.3 Å². The Kier molecular flexibility index (Phi) is 9.57. The number of methoxy groups -OCH3 is 2. The lowest BCUT2D eigenvalue weighted by atomic mass is 9.97. The molecule has 8 heteroatoms. The van der Waals surface area contributed by atoms with Gasteiger partial charge in [0, 0.05) is 36.4 Å². The van der Waals surface area contributed by atoms with Crippen molar-refractivity contribution >= 4 is 5.97 Å². The second-order valence-corrected chi connectivity index (χ2v) is 11.2. The molecule has 1 heterocycles. The molecule has 0 aliphatic heterocycles. The van der Waals surface area contributed by atoms with Crippen molar-refractivity contribution in [1.82, 2.24) is 15.0 Å². The summed E-state index contributed by atoms with van der Waals surface area (Å²) in [7, 11) is 3.34. The number of benzene rings is 3. The largest absolute Gasteiger partial charge is 0.496 e. The fourth-order valence-electron chi connectivity index (χ4n) is 4.59. The van der Waals surface area contributed by atoms with Gasteiger partial charge in [-0.25, -0.2) is 0 Å². The third-order valence-corrected chi connectivity index (χ3v) is 6.53. The Morgan fingerprint density at radius 3 is 2.44 bits per heavy atom. The molecule has 0 saturated heterocycles. The Morgan fingerprint density at radius 1 is 0.951 bits per heavy atom. The Hall–Kier alpha value is -4.01. The lowest BCUT2D eigenvalue weighted by Gasteiger charge is -2.28. The summed E-state index contributed by atoms with van der Waals surface area (Å²) in [5, 5.41) is 4.27. The van der Waals surface area contributed by atoms with Crippen LogP contribution in [-0.4, -0.2) is 53.4 Å². The molecule has 41 heavy (non-hydrogen) atoms. The minimum absolute atomic E-state index is 0.156. The first-order chi connectivity index (χ1) is 19.6. The molecule has 0 N–H and O–H groups in total. The molecule has 0 atom stereocenters. The maximum absolute atomic E-state index is 12.5. The van der Waals surface area contributed by atoms with E-state index in [1.807, 2.05) is 87.5 Å². The van der Waals surface area contributed by atoms with E-state index in [0.29, 0.717) is 24.9 Å². The zero-order valence-corrected chi connectivity index (χ0v) is 24.9. The predicted octanol–water partition coefficient (Wildman–Crippen LogP) is 6.78. The first kappa shape index (κ1) is 30.0. The Bertz CT molecular complexity index is 1470. The summed E-state index contributed by atoms with van der Waals surface area (Å²) in [6.07, 6.45) is 0. The van der Waals surface area contributed by atoms with E-state index < -0.39 is 5.60 Å². The molecular formula is C33H39N3O5. The second kappa shape index (κ2) is 13.1. The standard InChI is InChI=1S/C33H39N3O5/c1-22(2)36(20-30(37)40-33(3,4)5)19-23-11-10-12-24(17-23)31-34-32(41-35-31)25-15-16-27(26(18-25)21-38-6)28-13-8-9-14-29(28)39-7/h8-18,22H,19-21H2,1-7H3. The van der Waals surface area contributed by atoms with Crippen LogP contribution in [0, 0.1) is 0 Å². The molecule has 0 radical (unpaired) electrons. The van der Waals surface area contributed by atoms with Crippen LogP contribution in [-0.2, 0) is 27.4 Å². The lowest BCUT2D eigenvalue weighted by Crippen LogP contribution is -2.38. The number of carbonyl (C=O) groups excluding carboxylic acids is 1. The van der Waals surface area contributed by atoms with Gasteiger partial charge in [-0.2, -0.15) is 4.98 Å². The highest BCUT2D eigenvalue weighted by Crippen LogP contribution is 2.35. The summed E-state index contributed by atoms with van der Waals surface area (Å²) in [4.78, 5) is 19.3. The smallest absolute Gasteiger partial charge is 0.320 e. The van der Waals surface area contributed by atoms with E-state index in [-0.39, 0.29) is 18.6 Å². The second-order valence-electron chi connectivity index (χ2n) is 11.2. The van der Waals surface area contributed by atoms with Crippen molar-refractivity contribution in [3.05, 3.63) is 77.9 Å². The van der Waals surface area contributed by atoms with E-state index >= 15 is 0 Å². The highest BCUT2D eigenvalue weighted by Gasteiger charge is 2.21. The van der Waals surface area contributed by atoms with Gasteiger partial charge in [0.25, 0.3) is 5.89 Å². The number of hydrogen-bond donors (Lipinski definition) is 0. The van der Waals surface area contributed by atoms with Crippen LogP contribution in [0.25, 0.3) is 34.0 Å². The first-order valence-electron chi connectivity index (χ1n) is 13.7. The van der Waals surface area contributed by atoms with Crippen molar-refractivity contribution < 1.29 is 23.5 Å². The molecule has 0 spiro atoms. The molecule has 0 amide bonds. The number of rotatable bonds is 11. The highest BCUT2D eigenvalue weighted by atomic mass is 16.6. The number of hydrogen-bond acceptors (Lipinski definition) is 8. The van der Waals surface area contributed by atoms with Crippen LogP contribution >= 0.6 is 0 Å². The van der Waals surface area contributed by atoms with Crippen LogP contribution in [0.5, 0.6) is 5.75 Å². The number of para-hydroxylation sites is 1. The van der Waals surface area contributed by atoms with E-state index in [9.17, 15) is 4.79 Å². The number of aromatic nitrogens is 2. The molecule has 4 rings (SSSR count). The fourth-order valence-corrected chi connectivity index (χ4v) is 4.59. The van der Waals surface area contributed by atoms with Crippen LogP contribution in [0.2, 0.25) is 0 Å². The summed E-state index contributed by atoms with van der Waals surface area (Å²) in [6, 6.07) is 22.0. The van der Waals surface area contributed by atoms with Crippen LogP contribution in [0.3, 0.4) is 0 Å². The molecule has 0 aliphatic carbocycles. The van der Waals surface area contributed by atoms with E-state index in [0.717, 1.165) is 39.1 Å². The van der Waals surface area contributed by atoms with Gasteiger partial charge in [-0.15, -0.1) is 0 Å². The molecule has 1 aromatic heterocycles. The van der Waals surface area contributed by atoms with Crippen molar-refractivity contribution in [2.75, 3.05) is 20.8 Å². The lowest BCUT2D eigenvalue weighted by molar-refractivity contribution is -0.156. The predicted molar refractivity (Wildman–Crippen MR) is 159 cm³/mol. The van der Waals surface area contributed by atoms with Gasteiger partial charge in [0.15, 0.2) is 0 Å². The first-order valence-corrected chi connectivity index (χ1v) is 13.7. The van der Waals surface area contributed by atoms with Crippen molar-refractivity contribution in [2.24, 2.45) is 0 Å². The van der Waals surface area contributed by atoms with E-state index in [1.165, 1.54) is 0 Å². The van der Waals surface area contributed by atoms with Crippen molar-refractivity contribution in [2.45, 2.75) is 59.4 Å². The molecule has 0 aliphatic rings. The summed E-state index contributed by atoms with van der Waals surface area (Å²) in [5.41, 5.74) is 5.13. The molecule has 0 saturated carbocycles. The van der Waals surface area contributed by atoms with Gasteiger partial charge < -0.3 is 18.7 Å². The number of nitrogens with zero attached hydrogens (tertiary/aromatic N) is 3. The molecule has 0 bridgehead atoms. The normalized spacial score (nSPS) is 11.7. The molecule has 4 aromatic rings. The van der Waals surface area contributed by atoms with Crippen molar-refractivity contribution in [3.8, 4) is 39.7 Å². The number of esters is 1. The van der Waals surface area contributed by atoms with Crippen LogP contribution in [0.15, 0.2) is 71.3 Å². The maximum Gasteiger partial charge on any atom is 0.320 e. The summed E-state index contributed by atoms with van der Waals surface area (Å²) < 4.78 is 22.3. The molecule has 216 valence electrons. The van der Waals surface area contributed by atoms with Crippen molar-refractivity contribution in [3.63, 3.8) is 0 Å². The minimum Gasteiger partial charge on any atom is -0.496 e. The average molecular weight is 558 g/mol. The van der Waals surface area contributed by atoms with Gasteiger partial charge in [-0.1, -0.05) is 47.6 Å². The number of ether oxygens (including phenoxy) is 3. The molecule has 0 fully saturated rings. The minimum atomic E-state index is -0.519. The van der Waals surface area contributed by atoms with E-state index in [1.54, 1.807) is 14.2 Å². The van der Waals surface area contributed by atoms with Gasteiger partial charge in [-0.05, 0) is 75.6 Å². The quantitative estimate of drug-likeness (QED) is 0.187. The van der Waals surface area contributed by atoms with Crippen molar-refractivity contribution in [1.29, 1.82) is 0 Å². The Morgan fingerprint density at radius 2 is 1.73 bits per heavy atom. The third kappa shape index (κ3) is 7.80. The zero-order valence-electron chi connectivity index (χ0n) is 24.9. The average Bonchev–Trinajstić information content (AvgIpc) is 3.42. The van der Waals surface area contributed by atoms with E-state index in [2.05, 4.69) is 23.9 Å². The summed E-state index contributed by atoms with van der Waals surface area (Å²) >= 11 is 0. The van der Waals surface area contributed by atoms with E-state index in [4.69, 9.17) is 23.7 Å². The third-order valence-electron chi connectivity index (χ3n) is 6.53. The fraction of sp³-hybridized carbons (Fsp3) is 0.364. The maximum atomic E-state index is 12.5. The SMILES string of the molecule is COCc1cc(-c2nc(-c3cccc(CN(CC(=O)OC(C)(C)C)C(C)C)c3)no2)ccc1-c1ccccc1OC. The molecule has 3 aromatic carbocycles. The summed E-state index contributed by atoms with van der Waals surface area (Å²) in [6.45, 7) is 11.0. The molecule has 0 unspecified atom stereocenters. The van der Waals surface area contributed by atoms with Crippen LogP contribution < -0.4 is 4.74 Å². The Balaban J connectivity index is 1.56. The van der Waals surface area contributed by atoms with Gasteiger partial charge in [0.2, 0.25) is 5.82 Å². The zero-order chi connectivity index (χ0) is 29.6. The molecular weight excluding hydrogens is 518 g/mol. The summed E-state index contributed by atoms with van der Waals surface area (Å²) in [5.74, 6) is 1.46. The molecule has 8 nitrogen and oxygen atoms in total. The topological polar surface area (TPSA) is 86.9 Å². The van der Waals surface area contributed by atoms with Crippen LogP contribution in [0.4, 0.5) is 0 Å². The Labute approximate surface area is 242 Å². The van der Waals surface area contributed by atoms with Gasteiger partial charge >= 0.3 is 5.97 Å². The van der Waals surface area contributed by atoms with Gasteiger partial charge in [0.1, 0.15) is 11.4 Å². The van der Waals surface area contributed by atoms with Crippen LogP contribution in [0.1, 0.15) is 45.7 Å².